The van der Waals surface area contributed by atoms with Crippen LogP contribution < -0.4 is 10.6 Å². The molecule has 1 aromatic carbocycles. The van der Waals surface area contributed by atoms with Crippen LogP contribution in [0.5, 0.6) is 0 Å². The van der Waals surface area contributed by atoms with Gasteiger partial charge in [-0.05, 0) is 43.6 Å². The first-order valence-electron chi connectivity index (χ1n) is 6.73. The molecule has 1 saturated heterocycles. The Morgan fingerprint density at radius 1 is 1.38 bits per heavy atom. The molecular weight excluding hydrogens is 292 g/mol. The number of hydrogen-bond acceptors (Lipinski definition) is 4. The number of benzene rings is 1. The van der Waals surface area contributed by atoms with Gasteiger partial charge in [0.2, 0.25) is 5.91 Å². The first-order chi connectivity index (χ1) is 9.52. The molecule has 0 radical (unpaired) electrons. The van der Waals surface area contributed by atoms with Crippen molar-refractivity contribution in [1.82, 2.24) is 5.32 Å². The van der Waals surface area contributed by atoms with Crippen molar-refractivity contribution in [3.8, 4) is 0 Å². The molecule has 0 spiro atoms. The van der Waals surface area contributed by atoms with Crippen LogP contribution in [-0.2, 0) is 9.53 Å². The summed E-state index contributed by atoms with van der Waals surface area (Å²) in [6.07, 6.45) is 0. The molecule has 1 aliphatic rings. The van der Waals surface area contributed by atoms with E-state index in [0.29, 0.717) is 17.2 Å². The van der Waals surface area contributed by atoms with Crippen LogP contribution in [0.4, 0.5) is 5.69 Å². The first kappa shape index (κ1) is 17.5. The predicted molar refractivity (Wildman–Crippen MR) is 83.9 cm³/mol. The van der Waals surface area contributed by atoms with Crippen LogP contribution in [0, 0.1) is 18.8 Å². The van der Waals surface area contributed by atoms with Gasteiger partial charge < -0.3 is 15.4 Å². The van der Waals surface area contributed by atoms with Crippen molar-refractivity contribution in [1.29, 1.82) is 0 Å². The van der Waals surface area contributed by atoms with Crippen molar-refractivity contribution in [2.45, 2.75) is 13.8 Å². The van der Waals surface area contributed by atoms with Gasteiger partial charge in [-0.25, -0.2) is 4.79 Å². The summed E-state index contributed by atoms with van der Waals surface area (Å²) in [5, 5.41) is 6.07. The van der Waals surface area contributed by atoms with Gasteiger partial charge in [0, 0.05) is 11.6 Å². The van der Waals surface area contributed by atoms with Gasteiger partial charge in [0.05, 0.1) is 12.7 Å². The highest BCUT2D eigenvalue weighted by molar-refractivity contribution is 5.96. The second-order valence-electron chi connectivity index (χ2n) is 5.22. The lowest BCUT2D eigenvalue weighted by molar-refractivity contribution is -0.121. The number of carbonyl (C=O) groups is 2. The number of rotatable bonds is 4. The molecular formula is C15H21ClN2O3. The molecule has 0 aliphatic carbocycles. The third-order valence-electron chi connectivity index (χ3n) is 3.85. The summed E-state index contributed by atoms with van der Waals surface area (Å²) < 4.78 is 4.69. The Balaban J connectivity index is 0.00000220. The zero-order valence-corrected chi connectivity index (χ0v) is 13.3. The van der Waals surface area contributed by atoms with Crippen LogP contribution in [0.1, 0.15) is 22.8 Å². The summed E-state index contributed by atoms with van der Waals surface area (Å²) in [4.78, 5) is 23.7. The minimum absolute atomic E-state index is 0. The van der Waals surface area contributed by atoms with E-state index in [0.717, 1.165) is 18.7 Å². The molecule has 1 aromatic rings. The second-order valence-corrected chi connectivity index (χ2v) is 5.22. The third-order valence-corrected chi connectivity index (χ3v) is 3.85. The van der Waals surface area contributed by atoms with Crippen molar-refractivity contribution in [2.24, 2.45) is 11.8 Å². The van der Waals surface area contributed by atoms with Crippen LogP contribution in [0.25, 0.3) is 0 Å². The molecule has 1 aliphatic heterocycles. The molecule has 116 valence electrons. The molecule has 5 nitrogen and oxygen atoms in total. The second kappa shape index (κ2) is 7.43. The Morgan fingerprint density at radius 2 is 2.05 bits per heavy atom. The predicted octanol–water partition coefficient (Wildman–Crippen LogP) is 2.00. The van der Waals surface area contributed by atoms with Crippen LogP contribution in [0.2, 0.25) is 0 Å². The monoisotopic (exact) mass is 312 g/mol. The van der Waals surface area contributed by atoms with Crippen LogP contribution in [0.3, 0.4) is 0 Å². The van der Waals surface area contributed by atoms with E-state index in [-0.39, 0.29) is 24.2 Å². The molecule has 1 heterocycles. The number of nitrogens with one attached hydrogen (secondary N) is 2. The highest BCUT2D eigenvalue weighted by Crippen LogP contribution is 2.21. The normalized spacial score (nSPS) is 15.4. The molecule has 1 atom stereocenters. The number of hydrogen-bond donors (Lipinski definition) is 2. The van der Waals surface area contributed by atoms with E-state index >= 15 is 0 Å². The minimum atomic E-state index is -0.406. The Morgan fingerprint density at radius 3 is 2.57 bits per heavy atom. The number of carbonyl (C=O) groups excluding carboxylic acids is 2. The van der Waals surface area contributed by atoms with Crippen molar-refractivity contribution in [3.63, 3.8) is 0 Å². The van der Waals surface area contributed by atoms with E-state index < -0.39 is 5.97 Å². The minimum Gasteiger partial charge on any atom is -0.465 e. The Kier molecular flexibility index (Phi) is 6.18. The van der Waals surface area contributed by atoms with Gasteiger partial charge in [0.25, 0.3) is 0 Å². The molecule has 0 bridgehead atoms. The van der Waals surface area contributed by atoms with Crippen LogP contribution in [-0.4, -0.2) is 32.1 Å². The number of halogens is 1. The van der Waals surface area contributed by atoms with Gasteiger partial charge in [-0.3, -0.25) is 4.79 Å². The van der Waals surface area contributed by atoms with E-state index in [2.05, 4.69) is 15.4 Å². The van der Waals surface area contributed by atoms with Gasteiger partial charge >= 0.3 is 5.97 Å². The van der Waals surface area contributed by atoms with Gasteiger partial charge in [-0.2, -0.15) is 0 Å². The van der Waals surface area contributed by atoms with Crippen molar-refractivity contribution < 1.29 is 14.3 Å². The Hall–Kier alpha value is -1.59. The standard InChI is InChI=1S/C15H20N2O3.ClH/c1-9-4-5-11(15(19)20-3)6-13(9)17-14(18)10(2)12-7-16-8-12;/h4-6,10,12,16H,7-8H2,1-3H3,(H,17,18);1H. The first-order valence-corrected chi connectivity index (χ1v) is 6.73. The van der Waals surface area contributed by atoms with E-state index in [4.69, 9.17) is 0 Å². The average molecular weight is 313 g/mol. The lowest BCUT2D eigenvalue weighted by Gasteiger charge is -2.31. The summed E-state index contributed by atoms with van der Waals surface area (Å²) in [6, 6.07) is 5.15. The number of esters is 1. The zero-order chi connectivity index (χ0) is 14.7. The highest BCUT2D eigenvalue weighted by Gasteiger charge is 2.28. The summed E-state index contributed by atoms with van der Waals surface area (Å²) in [5.74, 6) is -0.0742. The number of anilines is 1. The van der Waals surface area contributed by atoms with E-state index in [9.17, 15) is 9.59 Å². The Bertz CT molecular complexity index is 530. The van der Waals surface area contributed by atoms with E-state index in [1.165, 1.54) is 7.11 Å². The smallest absolute Gasteiger partial charge is 0.337 e. The fourth-order valence-electron chi connectivity index (χ4n) is 2.13. The van der Waals surface area contributed by atoms with E-state index in [1.54, 1.807) is 18.2 Å². The lowest BCUT2D eigenvalue weighted by Crippen LogP contribution is -2.48. The Labute approximate surface area is 130 Å². The van der Waals surface area contributed by atoms with Crippen molar-refractivity contribution in [2.75, 3.05) is 25.5 Å². The topological polar surface area (TPSA) is 67.4 Å². The van der Waals surface area contributed by atoms with Gasteiger partial charge in [-0.15, -0.1) is 12.4 Å². The SMILES string of the molecule is COC(=O)c1ccc(C)c(NC(=O)C(C)C2CNC2)c1.Cl. The van der Waals surface area contributed by atoms with Gasteiger partial charge in [-0.1, -0.05) is 13.0 Å². The average Bonchev–Trinajstić information content (AvgIpc) is 2.38. The number of aryl methyl sites for hydroxylation is 1. The van der Waals surface area contributed by atoms with Crippen LogP contribution >= 0.6 is 12.4 Å². The summed E-state index contributed by atoms with van der Waals surface area (Å²) in [7, 11) is 1.34. The number of amides is 1. The maximum Gasteiger partial charge on any atom is 0.337 e. The fraction of sp³-hybridized carbons (Fsp3) is 0.467. The molecule has 0 saturated carbocycles. The quantitative estimate of drug-likeness (QED) is 0.835. The maximum absolute atomic E-state index is 12.2. The molecule has 1 amide bonds. The lowest BCUT2D eigenvalue weighted by atomic mass is 9.88. The molecule has 21 heavy (non-hydrogen) atoms. The van der Waals surface area contributed by atoms with Gasteiger partial charge in [0.15, 0.2) is 0 Å². The molecule has 0 aromatic heterocycles. The van der Waals surface area contributed by atoms with E-state index in [1.807, 2.05) is 13.8 Å². The number of ether oxygens (including phenoxy) is 1. The van der Waals surface area contributed by atoms with Crippen molar-refractivity contribution in [3.05, 3.63) is 29.3 Å². The molecule has 2 rings (SSSR count). The fourth-order valence-corrected chi connectivity index (χ4v) is 2.13. The third kappa shape index (κ3) is 3.95. The van der Waals surface area contributed by atoms with Crippen molar-refractivity contribution >= 4 is 30.0 Å². The molecule has 1 unspecified atom stereocenters. The maximum atomic E-state index is 12.2. The molecule has 1 fully saturated rings. The largest absolute Gasteiger partial charge is 0.465 e. The summed E-state index contributed by atoms with van der Waals surface area (Å²) in [6.45, 7) is 5.60. The van der Waals surface area contributed by atoms with Gasteiger partial charge in [0.1, 0.15) is 0 Å². The number of methoxy groups -OCH3 is 1. The highest BCUT2D eigenvalue weighted by atomic mass is 35.5. The zero-order valence-electron chi connectivity index (χ0n) is 12.4. The van der Waals surface area contributed by atoms with Crippen LogP contribution in [0.15, 0.2) is 18.2 Å². The molecule has 6 heteroatoms. The summed E-state index contributed by atoms with van der Waals surface area (Å²) in [5.41, 5.74) is 2.02. The molecule has 2 N–H and O–H groups in total. The summed E-state index contributed by atoms with van der Waals surface area (Å²) >= 11 is 0.